The lowest BCUT2D eigenvalue weighted by Gasteiger charge is -2.63. The van der Waals surface area contributed by atoms with Crippen LogP contribution < -0.4 is 0 Å². The van der Waals surface area contributed by atoms with E-state index in [1.807, 2.05) is 12.5 Å². The van der Waals surface area contributed by atoms with E-state index in [0.29, 0.717) is 11.8 Å². The van der Waals surface area contributed by atoms with Gasteiger partial charge in [-0.15, -0.1) is 0 Å². The van der Waals surface area contributed by atoms with Gasteiger partial charge in [0.15, 0.2) is 0 Å². The van der Waals surface area contributed by atoms with Crippen LogP contribution in [0.1, 0.15) is 70.4 Å². The lowest BCUT2D eigenvalue weighted by molar-refractivity contribution is -0.175. The molecule has 3 nitrogen and oxygen atoms in total. The molecule has 1 aromatic heterocycles. The average molecular weight is 330 g/mol. The van der Waals surface area contributed by atoms with E-state index < -0.39 is 0 Å². The molecule has 0 spiro atoms. The summed E-state index contributed by atoms with van der Waals surface area (Å²) in [5, 5.41) is 0. The second-order valence-electron chi connectivity index (χ2n) is 9.18. The van der Waals surface area contributed by atoms with Crippen molar-refractivity contribution in [2.45, 2.75) is 71.1 Å². The smallest absolute Gasteiger partial charge is 0.311 e. The fourth-order valence-corrected chi connectivity index (χ4v) is 7.09. The Hall–Kier alpha value is -1.25. The van der Waals surface area contributed by atoms with Crippen LogP contribution in [0, 0.1) is 22.7 Å². The molecule has 2 saturated carbocycles. The third-order valence-corrected chi connectivity index (χ3v) is 8.21. The molecule has 24 heavy (non-hydrogen) atoms. The molecule has 0 aromatic carbocycles. The van der Waals surface area contributed by atoms with E-state index >= 15 is 0 Å². The normalized spacial score (nSPS) is 44.2. The number of ether oxygens (including phenoxy) is 1. The summed E-state index contributed by atoms with van der Waals surface area (Å²) >= 11 is 0. The monoisotopic (exact) mass is 330 g/mol. The number of rotatable bonds is 1. The Bertz CT molecular complexity index is 662. The number of methoxy groups -OCH3 is 1. The first-order chi connectivity index (χ1) is 11.4. The first-order valence-electron chi connectivity index (χ1n) is 9.50. The van der Waals surface area contributed by atoms with Gasteiger partial charge in [0, 0.05) is 0 Å². The summed E-state index contributed by atoms with van der Waals surface area (Å²) < 4.78 is 10.8. The Morgan fingerprint density at radius 2 is 1.92 bits per heavy atom. The fraction of sp³-hybridized carbons (Fsp3) is 0.762. The van der Waals surface area contributed by atoms with Gasteiger partial charge in [-0.1, -0.05) is 20.3 Å². The number of hydrogen-bond donors (Lipinski definition) is 0. The number of fused-ring (bicyclic) bond motifs is 5. The zero-order valence-electron chi connectivity index (χ0n) is 15.5. The van der Waals surface area contributed by atoms with Crippen LogP contribution in [0.15, 0.2) is 16.9 Å². The van der Waals surface area contributed by atoms with E-state index in [4.69, 9.17) is 9.15 Å². The second-order valence-corrected chi connectivity index (χ2v) is 9.18. The number of carbonyl (C=O) groups is 1. The van der Waals surface area contributed by atoms with E-state index in [1.54, 1.807) is 7.11 Å². The Kier molecular flexibility index (Phi) is 3.47. The molecule has 0 amide bonds. The molecule has 3 heteroatoms. The molecule has 2 fully saturated rings. The second kappa shape index (κ2) is 5.12. The van der Waals surface area contributed by atoms with Crippen LogP contribution in [0.4, 0.5) is 0 Å². The van der Waals surface area contributed by atoms with Crippen LogP contribution in [0.3, 0.4) is 0 Å². The maximum Gasteiger partial charge on any atom is 0.311 e. The Balaban J connectivity index is 1.77. The SMILES string of the molecule is COC(=O)[C@@]1(C)CCC[C@]2(C)C3CCc4cocc4[C@]3(C)CCC21. The lowest BCUT2D eigenvalue weighted by Crippen LogP contribution is -2.59. The first-order valence-corrected chi connectivity index (χ1v) is 9.50. The molecule has 1 heterocycles. The van der Waals surface area contributed by atoms with E-state index in [0.717, 1.165) is 32.1 Å². The third-order valence-electron chi connectivity index (χ3n) is 8.21. The van der Waals surface area contributed by atoms with Gasteiger partial charge in [-0.25, -0.2) is 0 Å². The Morgan fingerprint density at radius 1 is 1.12 bits per heavy atom. The highest BCUT2D eigenvalue weighted by molar-refractivity contribution is 5.77. The van der Waals surface area contributed by atoms with Gasteiger partial charge in [0.1, 0.15) is 0 Å². The highest BCUT2D eigenvalue weighted by atomic mass is 16.5. The number of aryl methyl sites for hydroxylation is 1. The summed E-state index contributed by atoms with van der Waals surface area (Å²) in [6.07, 6.45) is 11.9. The molecule has 0 N–H and O–H groups in total. The van der Waals surface area contributed by atoms with Crippen molar-refractivity contribution >= 4 is 5.97 Å². The average Bonchev–Trinajstić information content (AvgIpc) is 3.03. The van der Waals surface area contributed by atoms with Gasteiger partial charge in [-0.05, 0) is 79.2 Å². The molecule has 1 aromatic rings. The predicted molar refractivity (Wildman–Crippen MR) is 92.7 cm³/mol. The molecule has 0 saturated heterocycles. The number of furan rings is 1. The summed E-state index contributed by atoms with van der Waals surface area (Å²) in [6.45, 7) is 7.07. The van der Waals surface area contributed by atoms with Crippen molar-refractivity contribution < 1.29 is 13.9 Å². The molecule has 2 unspecified atom stereocenters. The molecular formula is C21H30O3. The molecule has 0 bridgehead atoms. The minimum atomic E-state index is -0.320. The van der Waals surface area contributed by atoms with Gasteiger partial charge < -0.3 is 9.15 Å². The quantitative estimate of drug-likeness (QED) is 0.689. The van der Waals surface area contributed by atoms with Crippen LogP contribution in [0.2, 0.25) is 0 Å². The lowest BCUT2D eigenvalue weighted by atomic mass is 9.40. The Morgan fingerprint density at radius 3 is 2.67 bits per heavy atom. The van der Waals surface area contributed by atoms with Gasteiger partial charge in [-0.3, -0.25) is 4.79 Å². The summed E-state index contributed by atoms with van der Waals surface area (Å²) in [7, 11) is 1.55. The molecule has 4 rings (SSSR count). The van der Waals surface area contributed by atoms with Crippen LogP contribution in [0.5, 0.6) is 0 Å². The zero-order chi connectivity index (χ0) is 17.2. The molecule has 0 radical (unpaired) electrons. The molecule has 3 aliphatic carbocycles. The molecule has 0 aliphatic heterocycles. The van der Waals surface area contributed by atoms with Crippen LogP contribution in [-0.2, 0) is 21.4 Å². The van der Waals surface area contributed by atoms with Crippen molar-refractivity contribution in [1.82, 2.24) is 0 Å². The van der Waals surface area contributed by atoms with Crippen molar-refractivity contribution in [3.05, 3.63) is 23.7 Å². The standard InChI is InChI=1S/C21H30O3/c1-19-11-8-17-20(2,9-5-10-21(17,3)18(22)23-4)16(19)7-6-14-12-24-13-15(14)19/h12-13,16-17H,5-11H2,1-4H3/t16?,17?,19-,20+,21-/m0/s1. The number of hydrogen-bond acceptors (Lipinski definition) is 3. The van der Waals surface area contributed by atoms with E-state index in [1.165, 1.54) is 24.0 Å². The van der Waals surface area contributed by atoms with Crippen molar-refractivity contribution in [2.75, 3.05) is 7.11 Å². The summed E-state index contributed by atoms with van der Waals surface area (Å²) in [5.41, 5.74) is 2.93. The van der Waals surface area contributed by atoms with Gasteiger partial charge in [0.25, 0.3) is 0 Å². The number of esters is 1. The maximum atomic E-state index is 12.6. The summed E-state index contributed by atoms with van der Waals surface area (Å²) in [5.74, 6) is 1.05. The van der Waals surface area contributed by atoms with Crippen LogP contribution in [0.25, 0.3) is 0 Å². The van der Waals surface area contributed by atoms with Gasteiger partial charge in [0.05, 0.1) is 25.1 Å². The topological polar surface area (TPSA) is 39.4 Å². The minimum Gasteiger partial charge on any atom is -0.472 e. The Labute approximate surface area is 145 Å². The zero-order valence-corrected chi connectivity index (χ0v) is 15.5. The van der Waals surface area contributed by atoms with Crippen molar-refractivity contribution in [3.8, 4) is 0 Å². The van der Waals surface area contributed by atoms with Gasteiger partial charge >= 0.3 is 5.97 Å². The van der Waals surface area contributed by atoms with Crippen molar-refractivity contribution in [2.24, 2.45) is 22.7 Å². The van der Waals surface area contributed by atoms with Crippen LogP contribution >= 0.6 is 0 Å². The van der Waals surface area contributed by atoms with Crippen LogP contribution in [-0.4, -0.2) is 13.1 Å². The largest absolute Gasteiger partial charge is 0.472 e. The fourth-order valence-electron chi connectivity index (χ4n) is 7.09. The molecule has 5 atom stereocenters. The highest BCUT2D eigenvalue weighted by Gasteiger charge is 2.62. The highest BCUT2D eigenvalue weighted by Crippen LogP contribution is 2.67. The minimum absolute atomic E-state index is 0.00170. The third kappa shape index (κ3) is 1.87. The molecule has 132 valence electrons. The predicted octanol–water partition coefficient (Wildman–Crippen LogP) is 4.88. The molecular weight excluding hydrogens is 300 g/mol. The first kappa shape index (κ1) is 16.2. The van der Waals surface area contributed by atoms with E-state index in [-0.39, 0.29) is 22.2 Å². The maximum absolute atomic E-state index is 12.6. The van der Waals surface area contributed by atoms with Crippen molar-refractivity contribution in [3.63, 3.8) is 0 Å². The molecule has 3 aliphatic rings. The van der Waals surface area contributed by atoms with Gasteiger partial charge in [0.2, 0.25) is 0 Å². The summed E-state index contributed by atoms with van der Waals surface area (Å²) in [6, 6.07) is 0. The van der Waals surface area contributed by atoms with E-state index in [2.05, 4.69) is 20.8 Å². The number of carbonyl (C=O) groups excluding carboxylic acids is 1. The van der Waals surface area contributed by atoms with Crippen molar-refractivity contribution in [1.29, 1.82) is 0 Å². The summed E-state index contributed by atoms with van der Waals surface area (Å²) in [4.78, 5) is 12.6. The van der Waals surface area contributed by atoms with Gasteiger partial charge in [-0.2, -0.15) is 0 Å². The van der Waals surface area contributed by atoms with E-state index in [9.17, 15) is 4.79 Å².